The molecule has 0 rings (SSSR count). The van der Waals surface area contributed by atoms with E-state index in [2.05, 4.69) is 20.8 Å². The van der Waals surface area contributed by atoms with Crippen molar-refractivity contribution in [2.45, 2.75) is 42.2 Å². The van der Waals surface area contributed by atoms with Crippen LogP contribution in [0.2, 0.25) is 0 Å². The van der Waals surface area contributed by atoms with Gasteiger partial charge in [-0.25, -0.2) is 9.59 Å². The fraction of sp³-hybridized carbons (Fsp3) is 0.692. The lowest BCUT2D eigenvalue weighted by atomic mass is 10.2. The highest BCUT2D eigenvalue weighted by molar-refractivity contribution is 7.87. The molecule has 0 fully saturated rings. The van der Waals surface area contributed by atoms with E-state index in [0.29, 0.717) is 0 Å². The molecule has 194 valence electrons. The van der Waals surface area contributed by atoms with Crippen LogP contribution >= 0.6 is 0 Å². The summed E-state index contributed by atoms with van der Waals surface area (Å²) in [6, 6.07) is 0. The molecule has 0 heterocycles. The first kappa shape index (κ1) is 30.8. The Bertz CT molecular complexity index is 849. The average Bonchev–Trinajstić information content (AvgIpc) is 2.59. The van der Waals surface area contributed by atoms with Crippen molar-refractivity contribution >= 4 is 22.1 Å². The molecule has 0 aromatic heterocycles. The fourth-order valence-electron chi connectivity index (χ4n) is 1.66. The lowest BCUT2D eigenvalue weighted by molar-refractivity contribution is -0.357. The zero-order valence-electron chi connectivity index (χ0n) is 15.4. The lowest BCUT2D eigenvalue weighted by Gasteiger charge is -2.32. The highest BCUT2D eigenvalue weighted by Gasteiger charge is 2.69. The Kier molecular flexibility index (Phi) is 9.28. The molecule has 0 aliphatic carbocycles. The van der Waals surface area contributed by atoms with Gasteiger partial charge < -0.3 is 14.2 Å². The van der Waals surface area contributed by atoms with Gasteiger partial charge in [-0.05, 0) is 6.42 Å². The minimum Gasteiger partial charge on any atom is -0.451 e. The first-order chi connectivity index (χ1) is 14.4. The van der Waals surface area contributed by atoms with Crippen LogP contribution in [0.5, 0.6) is 0 Å². The predicted molar refractivity (Wildman–Crippen MR) is 78.8 cm³/mol. The third kappa shape index (κ3) is 7.66. The summed E-state index contributed by atoms with van der Waals surface area (Å²) >= 11 is 0. The second-order valence-corrected chi connectivity index (χ2v) is 7.21. The Morgan fingerprint density at radius 3 is 1.79 bits per heavy atom. The van der Waals surface area contributed by atoms with Crippen LogP contribution in [-0.4, -0.2) is 67.4 Å². The summed E-state index contributed by atoms with van der Waals surface area (Å²) in [5.41, 5.74) is 0. The van der Waals surface area contributed by atoms with Gasteiger partial charge in [0.2, 0.25) is 5.83 Å². The lowest BCUT2D eigenvalue weighted by Crippen LogP contribution is -2.58. The van der Waals surface area contributed by atoms with E-state index >= 15 is 0 Å². The molecule has 0 aliphatic heterocycles. The van der Waals surface area contributed by atoms with Gasteiger partial charge in [0.25, 0.3) is 0 Å². The Hall–Kier alpha value is -2.22. The predicted octanol–water partition coefficient (Wildman–Crippen LogP) is 3.29. The van der Waals surface area contributed by atoms with Gasteiger partial charge in [-0.2, -0.15) is 56.7 Å². The Labute approximate surface area is 176 Å². The minimum absolute atomic E-state index is 1.71. The molecule has 0 bridgehead atoms. The monoisotopic (exact) mass is 536 g/mol. The van der Waals surface area contributed by atoms with Gasteiger partial charge in [-0.3, -0.25) is 4.55 Å². The van der Waals surface area contributed by atoms with E-state index in [1.165, 1.54) is 0 Å². The highest BCUT2D eigenvalue weighted by Crippen LogP contribution is 2.42. The molecule has 0 radical (unpaired) electrons. The summed E-state index contributed by atoms with van der Waals surface area (Å²) in [7, 11) is -6.71. The van der Waals surface area contributed by atoms with E-state index < -0.39 is 83.3 Å². The van der Waals surface area contributed by atoms with Crippen molar-refractivity contribution in [1.82, 2.24) is 0 Å². The van der Waals surface area contributed by atoms with Crippen molar-refractivity contribution in [3.8, 4) is 0 Å². The van der Waals surface area contributed by atoms with Gasteiger partial charge in [0, 0.05) is 6.42 Å². The first-order valence-electron chi connectivity index (χ1n) is 7.66. The number of carbonyl (C=O) groups excluding carboxylic acids is 2. The molecule has 0 spiro atoms. The van der Waals surface area contributed by atoms with Gasteiger partial charge in [0.15, 0.2) is 6.61 Å². The maximum absolute atomic E-state index is 13.4. The molecule has 0 saturated heterocycles. The molecule has 0 aliphatic rings. The van der Waals surface area contributed by atoms with Crippen molar-refractivity contribution in [2.24, 2.45) is 0 Å². The molecule has 0 aromatic rings. The van der Waals surface area contributed by atoms with Gasteiger partial charge in [0.05, 0.1) is 6.61 Å². The second kappa shape index (κ2) is 9.95. The van der Waals surface area contributed by atoms with Crippen LogP contribution in [0.1, 0.15) is 12.8 Å². The SMILES string of the molecule is C=C(F)C(=O)OC(OCCCC(F)(F)C(F)(F)S(=O)(=O)O)(C(=O)OCC(F)(F)F)C(F)(F)F. The van der Waals surface area contributed by atoms with E-state index in [1.807, 2.05) is 0 Å². The van der Waals surface area contributed by atoms with Crippen LogP contribution in [0, 0.1) is 0 Å². The van der Waals surface area contributed by atoms with Crippen molar-refractivity contribution in [3.63, 3.8) is 0 Å². The summed E-state index contributed by atoms with van der Waals surface area (Å²) in [6.07, 6.45) is -15.9. The normalized spacial score (nSPS) is 15.5. The zero-order chi connectivity index (χ0) is 26.7. The average molecular weight is 536 g/mol. The number of rotatable bonds is 11. The molecule has 33 heavy (non-hydrogen) atoms. The summed E-state index contributed by atoms with van der Waals surface area (Å²) in [4.78, 5) is 22.7. The standard InChI is InChI=1S/C13H11F11O8S/c1-6(14)7(25)32-11(12(20,21)22,8(26)30-5-10(17,18)19)31-4-2-3-9(15,16)13(23,24)33(27,28)29/h1-5H2,(H,27,28,29). The van der Waals surface area contributed by atoms with Crippen LogP contribution < -0.4 is 0 Å². The Morgan fingerprint density at radius 2 is 1.42 bits per heavy atom. The third-order valence-electron chi connectivity index (χ3n) is 3.16. The van der Waals surface area contributed by atoms with Crippen LogP contribution in [0.4, 0.5) is 48.3 Å². The maximum Gasteiger partial charge on any atom is 0.468 e. The van der Waals surface area contributed by atoms with Gasteiger partial charge in [0.1, 0.15) is 0 Å². The molecular weight excluding hydrogens is 525 g/mol. The quantitative estimate of drug-likeness (QED) is 0.107. The fourth-order valence-corrected chi connectivity index (χ4v) is 2.14. The zero-order valence-corrected chi connectivity index (χ0v) is 16.2. The first-order valence-corrected chi connectivity index (χ1v) is 9.10. The highest BCUT2D eigenvalue weighted by atomic mass is 32.2. The number of halogens is 11. The van der Waals surface area contributed by atoms with Crippen LogP contribution in [0.25, 0.3) is 0 Å². The summed E-state index contributed by atoms with van der Waals surface area (Å²) in [6.45, 7) is -2.49. The van der Waals surface area contributed by atoms with E-state index in [4.69, 9.17) is 4.55 Å². The van der Waals surface area contributed by atoms with E-state index in [9.17, 15) is 66.3 Å². The number of ether oxygens (including phenoxy) is 3. The van der Waals surface area contributed by atoms with E-state index in [0.717, 1.165) is 0 Å². The second-order valence-electron chi connectivity index (χ2n) is 5.75. The molecule has 0 saturated carbocycles. The molecule has 1 atom stereocenters. The largest absolute Gasteiger partial charge is 0.468 e. The molecule has 0 aromatic carbocycles. The van der Waals surface area contributed by atoms with Crippen molar-refractivity contribution in [3.05, 3.63) is 12.4 Å². The van der Waals surface area contributed by atoms with Crippen molar-refractivity contribution < 1.29 is 85.1 Å². The Balaban J connectivity index is 5.86. The van der Waals surface area contributed by atoms with E-state index in [-0.39, 0.29) is 0 Å². The van der Waals surface area contributed by atoms with Crippen molar-refractivity contribution in [1.29, 1.82) is 0 Å². The van der Waals surface area contributed by atoms with Gasteiger partial charge >= 0.3 is 51.4 Å². The summed E-state index contributed by atoms with van der Waals surface area (Å²) < 4.78 is 181. The van der Waals surface area contributed by atoms with E-state index in [1.54, 1.807) is 0 Å². The molecule has 1 N–H and O–H groups in total. The van der Waals surface area contributed by atoms with Gasteiger partial charge in [-0.15, -0.1) is 0 Å². The summed E-state index contributed by atoms with van der Waals surface area (Å²) in [5.74, 6) is -19.1. The van der Waals surface area contributed by atoms with Crippen LogP contribution in [-0.2, 0) is 33.9 Å². The van der Waals surface area contributed by atoms with Crippen LogP contribution in [0.15, 0.2) is 12.4 Å². The van der Waals surface area contributed by atoms with Crippen LogP contribution in [0.3, 0.4) is 0 Å². The molecule has 1 unspecified atom stereocenters. The third-order valence-corrected chi connectivity index (χ3v) is 4.10. The number of carbonyl (C=O) groups is 2. The van der Waals surface area contributed by atoms with Gasteiger partial charge in [-0.1, -0.05) is 6.58 Å². The molecular formula is C13H11F11O8S. The summed E-state index contributed by atoms with van der Waals surface area (Å²) in [5, 5.41) is -6.13. The number of hydrogen-bond acceptors (Lipinski definition) is 7. The van der Waals surface area contributed by atoms with Crippen molar-refractivity contribution in [2.75, 3.05) is 13.2 Å². The molecule has 8 nitrogen and oxygen atoms in total. The Morgan fingerprint density at radius 1 is 0.939 bits per heavy atom. The smallest absolute Gasteiger partial charge is 0.451 e. The minimum atomic E-state index is -6.71. The number of hydrogen-bond donors (Lipinski definition) is 1. The molecule has 0 amide bonds. The number of alkyl halides is 10. The maximum atomic E-state index is 13.4. The molecule has 20 heteroatoms. The topological polar surface area (TPSA) is 116 Å². The number of esters is 2.